The smallest absolute Gasteiger partial charge is 0.353 e. The van der Waals surface area contributed by atoms with Crippen molar-refractivity contribution in [3.63, 3.8) is 0 Å². The highest BCUT2D eigenvalue weighted by molar-refractivity contribution is 8.06. The van der Waals surface area contributed by atoms with Crippen LogP contribution in [-0.2, 0) is 28.8 Å². The summed E-state index contributed by atoms with van der Waals surface area (Å²) in [4.78, 5) is 60.3. The van der Waals surface area contributed by atoms with E-state index < -0.39 is 47.4 Å². The highest BCUT2D eigenvalue weighted by Gasteiger charge is 2.54. The second kappa shape index (κ2) is 10.8. The van der Waals surface area contributed by atoms with Crippen molar-refractivity contribution < 1.29 is 33.9 Å². The van der Waals surface area contributed by atoms with Crippen molar-refractivity contribution in [3.8, 4) is 0 Å². The number of esters is 1. The van der Waals surface area contributed by atoms with Gasteiger partial charge in [0.05, 0.1) is 5.51 Å². The number of ether oxygens (including phenoxy) is 1. The molecule has 0 aromatic carbocycles. The predicted octanol–water partition coefficient (Wildman–Crippen LogP) is 1.65. The second-order valence-electron chi connectivity index (χ2n) is 8.04. The minimum absolute atomic E-state index is 0.0415. The van der Waals surface area contributed by atoms with Crippen LogP contribution in [0.4, 0.5) is 0 Å². The van der Waals surface area contributed by atoms with E-state index in [1.165, 1.54) is 45.3 Å². The van der Waals surface area contributed by atoms with Crippen LogP contribution in [-0.4, -0.2) is 79.6 Å². The van der Waals surface area contributed by atoms with E-state index >= 15 is 0 Å². The fourth-order valence-electron chi connectivity index (χ4n) is 3.14. The zero-order chi connectivity index (χ0) is 25.0. The second-order valence-corrected chi connectivity index (χ2v) is 11.2. The molecule has 0 aliphatic carbocycles. The van der Waals surface area contributed by atoms with Crippen LogP contribution in [0, 0.1) is 0 Å². The molecule has 3 rings (SSSR count). The van der Waals surface area contributed by atoms with Crippen LogP contribution in [0.1, 0.15) is 33.4 Å². The number of oxime groups is 1. The minimum Gasteiger partial charge on any atom is -0.477 e. The molecule has 3 heterocycles. The Morgan fingerprint density at radius 1 is 1.38 bits per heavy atom. The largest absolute Gasteiger partial charge is 0.477 e. The summed E-state index contributed by atoms with van der Waals surface area (Å²) in [6, 6.07) is -0.935. The van der Waals surface area contributed by atoms with Crippen LogP contribution in [0.3, 0.4) is 0 Å². The number of thiazole rings is 1. The molecule has 2 aliphatic rings. The van der Waals surface area contributed by atoms with Crippen LogP contribution in [0.25, 0.3) is 0 Å². The van der Waals surface area contributed by atoms with Gasteiger partial charge in [-0.3, -0.25) is 14.5 Å². The van der Waals surface area contributed by atoms with Gasteiger partial charge in [-0.2, -0.15) is 0 Å². The summed E-state index contributed by atoms with van der Waals surface area (Å²) in [5.41, 5.74) is 0.745. The van der Waals surface area contributed by atoms with Gasteiger partial charge < -0.3 is 20.0 Å². The lowest BCUT2D eigenvalue weighted by molar-refractivity contribution is -0.160. The molecule has 2 N–H and O–H groups in total. The lowest BCUT2D eigenvalue weighted by Gasteiger charge is -2.49. The Morgan fingerprint density at radius 3 is 2.71 bits per heavy atom. The standard InChI is InChI=1S/C20H24N4O7S3/c1-5-33-11-8-34-18-14(17(27)24(18)15(11)19(28)29)22-16(26)13(10-7-32-9-21-10)23-30-6-12(25)31-20(2,3)4/h7,9,14,18H,5-6,8H2,1-4H3,(H,22,26)(H,28,29)/t14?,18-/m0/s1. The van der Waals surface area contributed by atoms with Crippen LogP contribution in [0.15, 0.2) is 26.6 Å². The Morgan fingerprint density at radius 2 is 2.12 bits per heavy atom. The molecular formula is C20H24N4O7S3. The molecule has 0 spiro atoms. The van der Waals surface area contributed by atoms with Crippen molar-refractivity contribution >= 4 is 64.3 Å². The Hall–Kier alpha value is -2.58. The topological polar surface area (TPSA) is 147 Å². The number of hydrogen-bond donors (Lipinski definition) is 2. The maximum Gasteiger partial charge on any atom is 0.353 e. The molecule has 2 atom stereocenters. The number of aliphatic carboxylic acids is 1. The van der Waals surface area contributed by atoms with Crippen LogP contribution in [0.5, 0.6) is 0 Å². The number of carbonyl (C=O) groups is 4. The van der Waals surface area contributed by atoms with E-state index in [2.05, 4.69) is 15.5 Å². The molecule has 1 saturated heterocycles. The Balaban J connectivity index is 1.72. The number of β-lactam (4-membered cyclic amide) rings is 1. The average Bonchev–Trinajstić information content (AvgIpc) is 3.27. The van der Waals surface area contributed by atoms with E-state index in [1.54, 1.807) is 26.2 Å². The van der Waals surface area contributed by atoms with Gasteiger partial charge in [0.25, 0.3) is 11.8 Å². The van der Waals surface area contributed by atoms with Gasteiger partial charge in [-0.15, -0.1) is 34.9 Å². The van der Waals surface area contributed by atoms with Gasteiger partial charge in [-0.25, -0.2) is 14.6 Å². The van der Waals surface area contributed by atoms with Crippen molar-refractivity contribution in [1.82, 2.24) is 15.2 Å². The SMILES string of the molecule is CCSC1=C(C(=O)O)N2C(=O)C(NC(=O)C(=NOCC(=O)OC(C)(C)C)c3cscn3)[C@@H]2SC1. The van der Waals surface area contributed by atoms with Gasteiger partial charge in [0, 0.05) is 16.0 Å². The molecule has 1 unspecified atom stereocenters. The Labute approximate surface area is 208 Å². The highest BCUT2D eigenvalue weighted by atomic mass is 32.2. The molecule has 11 nitrogen and oxygen atoms in total. The minimum atomic E-state index is -1.18. The first-order valence-electron chi connectivity index (χ1n) is 10.2. The first kappa shape index (κ1) is 26.0. The van der Waals surface area contributed by atoms with Crippen molar-refractivity contribution in [2.24, 2.45) is 5.16 Å². The van der Waals surface area contributed by atoms with Gasteiger partial charge in [0.2, 0.25) is 6.61 Å². The van der Waals surface area contributed by atoms with Gasteiger partial charge in [0.1, 0.15) is 28.4 Å². The average molecular weight is 529 g/mol. The van der Waals surface area contributed by atoms with Crippen molar-refractivity contribution in [2.75, 3.05) is 18.1 Å². The van der Waals surface area contributed by atoms with Gasteiger partial charge >= 0.3 is 11.9 Å². The summed E-state index contributed by atoms with van der Waals surface area (Å²) in [7, 11) is 0. The number of nitrogens with one attached hydrogen (secondary N) is 1. The van der Waals surface area contributed by atoms with Crippen molar-refractivity contribution in [1.29, 1.82) is 0 Å². The van der Waals surface area contributed by atoms with Crippen molar-refractivity contribution in [3.05, 3.63) is 27.2 Å². The van der Waals surface area contributed by atoms with Gasteiger partial charge in [-0.05, 0) is 26.5 Å². The monoisotopic (exact) mass is 528 g/mol. The highest BCUT2D eigenvalue weighted by Crippen LogP contribution is 2.43. The number of carboxylic acid groups (broad SMARTS) is 1. The molecule has 0 saturated carbocycles. The third kappa shape index (κ3) is 5.91. The first-order chi connectivity index (χ1) is 16.0. The molecular weight excluding hydrogens is 504 g/mol. The normalized spacial score (nSPS) is 20.4. The molecule has 34 heavy (non-hydrogen) atoms. The van der Waals surface area contributed by atoms with Crippen LogP contribution < -0.4 is 5.32 Å². The molecule has 2 amide bonds. The first-order valence-corrected chi connectivity index (χ1v) is 13.2. The molecule has 14 heteroatoms. The van der Waals surface area contributed by atoms with E-state index in [-0.39, 0.29) is 17.1 Å². The fourth-order valence-corrected chi connectivity index (χ4v) is 6.08. The predicted molar refractivity (Wildman–Crippen MR) is 128 cm³/mol. The van der Waals surface area contributed by atoms with E-state index in [4.69, 9.17) is 9.57 Å². The molecule has 0 bridgehead atoms. The van der Waals surface area contributed by atoms with E-state index in [9.17, 15) is 24.3 Å². The molecule has 1 fully saturated rings. The number of carbonyl (C=O) groups excluding carboxylic acids is 3. The van der Waals surface area contributed by atoms with Crippen LogP contribution in [0.2, 0.25) is 0 Å². The number of carboxylic acids is 1. The zero-order valence-electron chi connectivity index (χ0n) is 18.9. The Bertz CT molecular complexity index is 1030. The fraction of sp³-hybridized carbons (Fsp3) is 0.500. The molecule has 2 aliphatic heterocycles. The van der Waals surface area contributed by atoms with Gasteiger partial charge in [0.15, 0.2) is 5.71 Å². The maximum absolute atomic E-state index is 13.0. The molecule has 1 aromatic rings. The number of fused-ring (bicyclic) bond motifs is 1. The third-order valence-corrected chi connectivity index (χ3v) is 7.41. The Kier molecular flexibility index (Phi) is 8.25. The number of rotatable bonds is 9. The number of hydrogen-bond acceptors (Lipinski definition) is 11. The number of nitrogens with zero attached hydrogens (tertiary/aromatic N) is 3. The summed E-state index contributed by atoms with van der Waals surface area (Å²) in [6.07, 6.45) is 0. The van der Waals surface area contributed by atoms with Gasteiger partial charge in [-0.1, -0.05) is 12.1 Å². The summed E-state index contributed by atoms with van der Waals surface area (Å²) in [6.45, 7) is 6.51. The van der Waals surface area contributed by atoms with Crippen LogP contribution >= 0.6 is 34.9 Å². The van der Waals surface area contributed by atoms with E-state index in [1.807, 2.05) is 6.92 Å². The number of amides is 2. The zero-order valence-corrected chi connectivity index (χ0v) is 21.3. The summed E-state index contributed by atoms with van der Waals surface area (Å²) < 4.78 is 5.14. The summed E-state index contributed by atoms with van der Waals surface area (Å²) in [5, 5.41) is 17.0. The maximum atomic E-state index is 13.0. The lowest BCUT2D eigenvalue weighted by Crippen LogP contribution is -2.71. The van der Waals surface area contributed by atoms with Crippen molar-refractivity contribution in [2.45, 2.75) is 44.7 Å². The van der Waals surface area contributed by atoms with E-state index in [0.29, 0.717) is 16.4 Å². The lowest BCUT2D eigenvalue weighted by atomic mass is 10.0. The third-order valence-electron chi connectivity index (χ3n) is 4.39. The quantitative estimate of drug-likeness (QED) is 0.210. The summed E-state index contributed by atoms with van der Waals surface area (Å²) in [5.74, 6) is -2.00. The number of thioether (sulfide) groups is 2. The summed E-state index contributed by atoms with van der Waals surface area (Å²) >= 11 is 3.98. The molecule has 1 aromatic heterocycles. The van der Waals surface area contributed by atoms with E-state index in [0.717, 1.165) is 0 Å². The number of aromatic nitrogens is 1. The molecule has 184 valence electrons. The molecule has 0 radical (unpaired) electrons.